The molecule has 1 rings (SSSR count). The fourth-order valence-electron chi connectivity index (χ4n) is 0.934. The second kappa shape index (κ2) is 2.48. The molecule has 52 valence electrons. The first-order valence-electron chi connectivity index (χ1n) is 3.49. The molecule has 0 aromatic carbocycles. The third kappa shape index (κ3) is 1.30. The van der Waals surface area contributed by atoms with Gasteiger partial charge in [-0.3, -0.25) is 4.79 Å². The lowest BCUT2D eigenvalue weighted by Gasteiger charge is -2.27. The molecule has 2 heteroatoms. The summed E-state index contributed by atoms with van der Waals surface area (Å²) in [5.41, 5.74) is 0. The highest BCUT2D eigenvalue weighted by Gasteiger charge is 2.25. The first-order chi connectivity index (χ1) is 4.22. The molecule has 0 aromatic rings. The van der Waals surface area contributed by atoms with E-state index in [1.165, 1.54) is 0 Å². The molecule has 0 radical (unpaired) electrons. The SMILES string of the molecule is CC(C)C(=O)[C@H]1CCN1. The van der Waals surface area contributed by atoms with Crippen LogP contribution in [-0.4, -0.2) is 18.4 Å². The number of nitrogens with one attached hydrogen (secondary N) is 1. The van der Waals surface area contributed by atoms with Crippen molar-refractivity contribution >= 4 is 5.78 Å². The van der Waals surface area contributed by atoms with E-state index in [9.17, 15) is 4.79 Å². The van der Waals surface area contributed by atoms with E-state index in [4.69, 9.17) is 0 Å². The Morgan fingerprint density at radius 2 is 2.22 bits per heavy atom. The van der Waals surface area contributed by atoms with Crippen molar-refractivity contribution in [2.75, 3.05) is 6.54 Å². The third-order valence-corrected chi connectivity index (χ3v) is 1.74. The van der Waals surface area contributed by atoms with Crippen molar-refractivity contribution in [2.24, 2.45) is 5.92 Å². The Labute approximate surface area is 55.6 Å². The summed E-state index contributed by atoms with van der Waals surface area (Å²) < 4.78 is 0. The van der Waals surface area contributed by atoms with E-state index in [-0.39, 0.29) is 12.0 Å². The molecule has 1 aliphatic heterocycles. The van der Waals surface area contributed by atoms with E-state index < -0.39 is 0 Å². The Morgan fingerprint density at radius 1 is 1.67 bits per heavy atom. The smallest absolute Gasteiger partial charge is 0.152 e. The van der Waals surface area contributed by atoms with Gasteiger partial charge in [0.25, 0.3) is 0 Å². The van der Waals surface area contributed by atoms with Gasteiger partial charge in [-0.1, -0.05) is 13.8 Å². The van der Waals surface area contributed by atoms with Crippen LogP contribution in [0.4, 0.5) is 0 Å². The molecular formula is C7H13NO. The molecular weight excluding hydrogens is 114 g/mol. The minimum atomic E-state index is 0.185. The molecule has 1 atom stereocenters. The third-order valence-electron chi connectivity index (χ3n) is 1.74. The highest BCUT2D eigenvalue weighted by molar-refractivity contribution is 5.86. The maximum absolute atomic E-state index is 11.1. The summed E-state index contributed by atoms with van der Waals surface area (Å²) in [4.78, 5) is 11.1. The van der Waals surface area contributed by atoms with Crippen molar-refractivity contribution in [3.8, 4) is 0 Å². The molecule has 1 aliphatic rings. The highest BCUT2D eigenvalue weighted by Crippen LogP contribution is 2.08. The summed E-state index contributed by atoms with van der Waals surface area (Å²) in [5, 5.41) is 3.08. The van der Waals surface area contributed by atoms with Gasteiger partial charge in [0, 0.05) is 5.92 Å². The lowest BCUT2D eigenvalue weighted by atomic mass is 9.95. The predicted molar refractivity (Wildman–Crippen MR) is 36.3 cm³/mol. The lowest BCUT2D eigenvalue weighted by Crippen LogP contribution is -2.49. The van der Waals surface area contributed by atoms with Crippen LogP contribution < -0.4 is 5.32 Å². The molecule has 1 N–H and O–H groups in total. The molecule has 0 unspecified atom stereocenters. The summed E-state index contributed by atoms with van der Waals surface area (Å²) in [6, 6.07) is 0.185. The second-order valence-electron chi connectivity index (χ2n) is 2.85. The molecule has 0 saturated carbocycles. The van der Waals surface area contributed by atoms with Gasteiger partial charge in [-0.2, -0.15) is 0 Å². The van der Waals surface area contributed by atoms with E-state index in [1.54, 1.807) is 0 Å². The number of carbonyl (C=O) groups excluding carboxylic acids is 1. The van der Waals surface area contributed by atoms with Gasteiger partial charge in [0.15, 0.2) is 5.78 Å². The summed E-state index contributed by atoms with van der Waals surface area (Å²) in [7, 11) is 0. The first-order valence-corrected chi connectivity index (χ1v) is 3.49. The summed E-state index contributed by atoms with van der Waals surface area (Å²) in [5.74, 6) is 0.559. The van der Waals surface area contributed by atoms with Crippen molar-refractivity contribution in [1.29, 1.82) is 0 Å². The number of rotatable bonds is 2. The Balaban J connectivity index is 2.32. The molecule has 2 nitrogen and oxygen atoms in total. The topological polar surface area (TPSA) is 29.1 Å². The van der Waals surface area contributed by atoms with Crippen LogP contribution in [0.2, 0.25) is 0 Å². The number of carbonyl (C=O) groups is 1. The van der Waals surface area contributed by atoms with Crippen LogP contribution in [0.3, 0.4) is 0 Å². The van der Waals surface area contributed by atoms with Crippen LogP contribution in [0.1, 0.15) is 20.3 Å². The van der Waals surface area contributed by atoms with Gasteiger partial charge in [0.05, 0.1) is 6.04 Å². The molecule has 0 aliphatic carbocycles. The quantitative estimate of drug-likeness (QED) is 0.587. The summed E-state index contributed by atoms with van der Waals surface area (Å²) >= 11 is 0. The van der Waals surface area contributed by atoms with E-state index in [2.05, 4.69) is 5.32 Å². The van der Waals surface area contributed by atoms with E-state index in [0.29, 0.717) is 5.78 Å². The zero-order valence-corrected chi connectivity index (χ0v) is 5.98. The largest absolute Gasteiger partial charge is 0.307 e. The van der Waals surface area contributed by atoms with Crippen molar-refractivity contribution in [2.45, 2.75) is 26.3 Å². The van der Waals surface area contributed by atoms with Crippen molar-refractivity contribution in [3.63, 3.8) is 0 Å². The minimum absolute atomic E-state index is 0.185. The van der Waals surface area contributed by atoms with Crippen molar-refractivity contribution < 1.29 is 4.79 Å². The van der Waals surface area contributed by atoms with Gasteiger partial charge in [-0.05, 0) is 13.0 Å². The van der Waals surface area contributed by atoms with E-state index >= 15 is 0 Å². The maximum atomic E-state index is 11.1. The van der Waals surface area contributed by atoms with Gasteiger partial charge in [-0.15, -0.1) is 0 Å². The standard InChI is InChI=1S/C7H13NO/c1-5(2)7(9)6-3-4-8-6/h5-6,8H,3-4H2,1-2H3/t6-/m1/s1. The maximum Gasteiger partial charge on any atom is 0.152 e. The van der Waals surface area contributed by atoms with Gasteiger partial charge in [0.2, 0.25) is 0 Å². The average Bonchev–Trinajstić information content (AvgIpc) is 1.60. The lowest BCUT2D eigenvalue weighted by molar-refractivity contribution is -0.125. The molecule has 9 heavy (non-hydrogen) atoms. The highest BCUT2D eigenvalue weighted by atomic mass is 16.1. The molecule has 1 saturated heterocycles. The van der Waals surface area contributed by atoms with Crippen molar-refractivity contribution in [3.05, 3.63) is 0 Å². The monoisotopic (exact) mass is 127 g/mol. The minimum Gasteiger partial charge on any atom is -0.307 e. The Morgan fingerprint density at radius 3 is 2.33 bits per heavy atom. The van der Waals surface area contributed by atoms with Crippen molar-refractivity contribution in [1.82, 2.24) is 5.32 Å². The van der Waals surface area contributed by atoms with E-state index in [0.717, 1.165) is 13.0 Å². The summed E-state index contributed by atoms with van der Waals surface area (Å²) in [6.45, 7) is 4.91. The second-order valence-corrected chi connectivity index (χ2v) is 2.85. The van der Waals surface area contributed by atoms with Crippen LogP contribution in [0, 0.1) is 5.92 Å². The average molecular weight is 127 g/mol. The molecule has 1 fully saturated rings. The fourth-order valence-corrected chi connectivity index (χ4v) is 0.934. The van der Waals surface area contributed by atoms with Gasteiger partial charge < -0.3 is 5.32 Å². The van der Waals surface area contributed by atoms with Crippen LogP contribution >= 0.6 is 0 Å². The van der Waals surface area contributed by atoms with E-state index in [1.807, 2.05) is 13.8 Å². The van der Waals surface area contributed by atoms with Crippen LogP contribution in [0.25, 0.3) is 0 Å². The predicted octanol–water partition coefficient (Wildman–Crippen LogP) is 0.573. The number of hydrogen-bond acceptors (Lipinski definition) is 2. The van der Waals surface area contributed by atoms with Gasteiger partial charge in [-0.25, -0.2) is 0 Å². The zero-order valence-electron chi connectivity index (χ0n) is 5.98. The molecule has 0 amide bonds. The molecule has 0 bridgehead atoms. The molecule has 0 aromatic heterocycles. The Kier molecular flexibility index (Phi) is 1.86. The normalized spacial score (nSPS) is 25.9. The first kappa shape index (κ1) is 6.75. The van der Waals surface area contributed by atoms with Crippen LogP contribution in [0.5, 0.6) is 0 Å². The number of Topliss-reactive ketones (excluding diaryl/α,β-unsaturated/α-hetero) is 1. The zero-order chi connectivity index (χ0) is 6.85. The number of ketones is 1. The van der Waals surface area contributed by atoms with Gasteiger partial charge >= 0.3 is 0 Å². The number of hydrogen-bond donors (Lipinski definition) is 1. The van der Waals surface area contributed by atoms with Crippen LogP contribution in [-0.2, 0) is 4.79 Å². The Bertz CT molecular complexity index is 116. The van der Waals surface area contributed by atoms with Gasteiger partial charge in [0.1, 0.15) is 0 Å². The van der Waals surface area contributed by atoms with Crippen LogP contribution in [0.15, 0.2) is 0 Å². The molecule has 1 heterocycles. The molecule has 0 spiro atoms. The summed E-state index contributed by atoms with van der Waals surface area (Å²) in [6.07, 6.45) is 1.04. The fraction of sp³-hybridized carbons (Fsp3) is 0.857. The Hall–Kier alpha value is -0.370.